The van der Waals surface area contributed by atoms with Gasteiger partial charge in [0.05, 0.1) is 24.2 Å². The number of hydrogen-bond donors (Lipinski definition) is 1. The van der Waals surface area contributed by atoms with Crippen LogP contribution in [0.3, 0.4) is 0 Å². The molecule has 0 fully saturated rings. The Morgan fingerprint density at radius 1 is 1.03 bits per heavy atom. The summed E-state index contributed by atoms with van der Waals surface area (Å²) in [6, 6.07) is 22.2. The van der Waals surface area contributed by atoms with E-state index in [-0.39, 0.29) is 11.7 Å². The van der Waals surface area contributed by atoms with Crippen molar-refractivity contribution in [1.29, 1.82) is 0 Å². The van der Waals surface area contributed by atoms with Gasteiger partial charge in [0.2, 0.25) is 5.91 Å². The first-order valence-electron chi connectivity index (χ1n) is 9.70. The van der Waals surface area contributed by atoms with Crippen molar-refractivity contribution < 1.29 is 9.53 Å². The Labute approximate surface area is 200 Å². The number of thioether (sulfide) groups is 1. The predicted octanol–water partition coefficient (Wildman–Crippen LogP) is 6.59. The first-order valence-corrected chi connectivity index (χ1v) is 11.4. The zero-order valence-electron chi connectivity index (χ0n) is 17.1. The van der Waals surface area contributed by atoms with Gasteiger partial charge in [0, 0.05) is 27.5 Å². The number of carbonyl (C=O) groups excluding carboxylic acids is 1. The summed E-state index contributed by atoms with van der Waals surface area (Å²) in [5.41, 5.74) is 3.19. The van der Waals surface area contributed by atoms with Crippen molar-refractivity contribution in [2.75, 3.05) is 18.2 Å². The molecule has 0 aliphatic rings. The highest BCUT2D eigenvalue weighted by Gasteiger charge is 2.17. The van der Waals surface area contributed by atoms with E-state index >= 15 is 0 Å². The van der Waals surface area contributed by atoms with Crippen molar-refractivity contribution in [2.45, 2.75) is 5.16 Å². The van der Waals surface area contributed by atoms with Crippen LogP contribution in [0.4, 0.5) is 5.69 Å². The third-order valence-electron chi connectivity index (χ3n) is 4.60. The van der Waals surface area contributed by atoms with Crippen LogP contribution in [-0.2, 0) is 4.79 Å². The average molecular weight is 484 g/mol. The maximum atomic E-state index is 12.5. The van der Waals surface area contributed by atoms with Crippen LogP contribution in [0.1, 0.15) is 0 Å². The molecule has 8 heteroatoms. The third-order valence-corrected chi connectivity index (χ3v) is 6.04. The van der Waals surface area contributed by atoms with Crippen LogP contribution in [0.15, 0.2) is 84.1 Å². The number of rotatable bonds is 7. The van der Waals surface area contributed by atoms with Crippen molar-refractivity contribution in [3.05, 3.63) is 89.0 Å². The molecule has 0 radical (unpaired) electrons. The van der Waals surface area contributed by atoms with Gasteiger partial charge in [0.25, 0.3) is 0 Å². The van der Waals surface area contributed by atoms with E-state index in [4.69, 9.17) is 32.9 Å². The van der Waals surface area contributed by atoms with Crippen molar-refractivity contribution >= 4 is 46.6 Å². The smallest absolute Gasteiger partial charge is 0.234 e. The third kappa shape index (κ3) is 5.27. The zero-order valence-corrected chi connectivity index (χ0v) is 19.4. The molecule has 0 bridgehead atoms. The number of anilines is 1. The fourth-order valence-electron chi connectivity index (χ4n) is 3.10. The number of ether oxygens (including phenoxy) is 1. The summed E-state index contributed by atoms with van der Waals surface area (Å²) < 4.78 is 7.43. The fraction of sp³-hybridized carbons (Fsp3) is 0.0833. The lowest BCUT2D eigenvalue weighted by molar-refractivity contribution is -0.113. The highest BCUT2D eigenvalue weighted by atomic mass is 35.5. The highest BCUT2D eigenvalue weighted by molar-refractivity contribution is 7.99. The number of methoxy groups -OCH3 is 1. The van der Waals surface area contributed by atoms with Gasteiger partial charge in [-0.2, -0.15) is 0 Å². The van der Waals surface area contributed by atoms with Crippen molar-refractivity contribution in [3.8, 4) is 22.7 Å². The molecule has 0 atom stereocenters. The normalized spacial score (nSPS) is 10.7. The second-order valence-corrected chi connectivity index (χ2v) is 8.62. The number of hydrogen-bond acceptors (Lipinski definition) is 4. The largest absolute Gasteiger partial charge is 0.495 e. The van der Waals surface area contributed by atoms with Gasteiger partial charge in [-0.05, 0) is 42.5 Å². The maximum absolute atomic E-state index is 12.5. The van der Waals surface area contributed by atoms with Crippen molar-refractivity contribution in [2.24, 2.45) is 0 Å². The molecule has 3 aromatic carbocycles. The van der Waals surface area contributed by atoms with Crippen molar-refractivity contribution in [1.82, 2.24) is 9.55 Å². The van der Waals surface area contributed by atoms with E-state index in [9.17, 15) is 4.79 Å². The molecule has 0 saturated carbocycles. The molecule has 1 heterocycles. The molecule has 0 aliphatic carbocycles. The Morgan fingerprint density at radius 2 is 1.75 bits per heavy atom. The summed E-state index contributed by atoms with van der Waals surface area (Å²) in [6.07, 6.45) is 1.92. The van der Waals surface area contributed by atoms with E-state index in [0.717, 1.165) is 16.9 Å². The second-order valence-electron chi connectivity index (χ2n) is 6.80. The molecule has 0 unspecified atom stereocenters. The lowest BCUT2D eigenvalue weighted by Gasteiger charge is -2.12. The van der Waals surface area contributed by atoms with E-state index in [2.05, 4.69) is 5.32 Å². The summed E-state index contributed by atoms with van der Waals surface area (Å²) in [4.78, 5) is 17.3. The first-order chi connectivity index (χ1) is 15.5. The molecule has 32 heavy (non-hydrogen) atoms. The molecule has 162 valence electrons. The molecular formula is C24H19Cl2N3O2S. The molecular weight excluding hydrogens is 465 g/mol. The summed E-state index contributed by atoms with van der Waals surface area (Å²) in [6.45, 7) is 0. The van der Waals surface area contributed by atoms with Crippen LogP contribution in [0.25, 0.3) is 16.9 Å². The number of aromatic nitrogens is 2. The Balaban J connectivity index is 1.63. The van der Waals surface area contributed by atoms with E-state index in [1.54, 1.807) is 37.4 Å². The summed E-state index contributed by atoms with van der Waals surface area (Å²) in [5, 5.41) is 4.71. The van der Waals surface area contributed by atoms with Gasteiger partial charge in [-0.1, -0.05) is 65.3 Å². The number of nitrogens with zero attached hydrogens (tertiary/aromatic N) is 2. The van der Waals surface area contributed by atoms with E-state index in [0.29, 0.717) is 26.6 Å². The molecule has 1 N–H and O–H groups in total. The molecule has 1 aromatic heterocycles. The Bertz CT molecular complexity index is 1230. The predicted molar refractivity (Wildman–Crippen MR) is 131 cm³/mol. The van der Waals surface area contributed by atoms with Crippen LogP contribution >= 0.6 is 35.0 Å². The maximum Gasteiger partial charge on any atom is 0.234 e. The number of halogens is 2. The van der Waals surface area contributed by atoms with Crippen LogP contribution in [0.2, 0.25) is 10.0 Å². The first kappa shape index (κ1) is 22.3. The Hall–Kier alpha value is -2.93. The fourth-order valence-corrected chi connectivity index (χ4v) is 4.18. The number of nitrogens with one attached hydrogen (secondary N) is 1. The van der Waals surface area contributed by atoms with Gasteiger partial charge < -0.3 is 10.1 Å². The zero-order chi connectivity index (χ0) is 22.5. The Morgan fingerprint density at radius 3 is 2.47 bits per heavy atom. The summed E-state index contributed by atoms with van der Waals surface area (Å²) >= 11 is 13.5. The van der Waals surface area contributed by atoms with Crippen molar-refractivity contribution in [3.63, 3.8) is 0 Å². The minimum absolute atomic E-state index is 0.147. The minimum atomic E-state index is -0.147. The van der Waals surface area contributed by atoms with Gasteiger partial charge in [0.1, 0.15) is 5.75 Å². The van der Waals surface area contributed by atoms with Crippen LogP contribution in [0, 0.1) is 0 Å². The Kier molecular flexibility index (Phi) is 7.05. The lowest BCUT2D eigenvalue weighted by Crippen LogP contribution is -2.14. The summed E-state index contributed by atoms with van der Waals surface area (Å²) in [5.74, 6) is 0.682. The molecule has 4 aromatic rings. The van der Waals surface area contributed by atoms with Gasteiger partial charge in [-0.15, -0.1) is 0 Å². The topological polar surface area (TPSA) is 56.2 Å². The van der Waals surface area contributed by atoms with Crippen LogP contribution in [0.5, 0.6) is 5.75 Å². The molecule has 1 amide bonds. The number of benzene rings is 3. The SMILES string of the molecule is COc1ccc(Cl)cc1-n1cc(-c2ccccc2)nc1SCC(=O)Nc1ccc(Cl)cc1. The quantitative estimate of drug-likeness (QED) is 0.301. The molecule has 0 spiro atoms. The highest BCUT2D eigenvalue weighted by Crippen LogP contribution is 2.33. The minimum Gasteiger partial charge on any atom is -0.495 e. The number of carbonyl (C=O) groups is 1. The summed E-state index contributed by atoms with van der Waals surface area (Å²) in [7, 11) is 1.61. The average Bonchev–Trinajstić information content (AvgIpc) is 3.24. The number of amides is 1. The lowest BCUT2D eigenvalue weighted by atomic mass is 10.2. The van der Waals surface area contributed by atoms with Gasteiger partial charge >= 0.3 is 0 Å². The number of imidazole rings is 1. The van der Waals surface area contributed by atoms with E-state index in [1.807, 2.05) is 53.2 Å². The molecule has 0 saturated heterocycles. The van der Waals surface area contributed by atoms with Gasteiger partial charge in [0.15, 0.2) is 5.16 Å². The molecule has 0 aliphatic heterocycles. The van der Waals surface area contributed by atoms with E-state index in [1.165, 1.54) is 11.8 Å². The van der Waals surface area contributed by atoms with E-state index < -0.39 is 0 Å². The van der Waals surface area contributed by atoms with Crippen LogP contribution in [-0.4, -0.2) is 28.3 Å². The second kappa shape index (κ2) is 10.1. The molecule has 5 nitrogen and oxygen atoms in total. The van der Waals surface area contributed by atoms with Gasteiger partial charge in [-0.25, -0.2) is 4.98 Å². The standard InChI is InChI=1S/C24H19Cl2N3O2S/c1-31-22-12-9-18(26)13-21(22)29-14-20(16-5-3-2-4-6-16)28-24(29)32-15-23(30)27-19-10-7-17(25)8-11-19/h2-14H,15H2,1H3,(H,27,30). The molecule has 4 rings (SSSR count). The van der Waals surface area contributed by atoms with Gasteiger partial charge in [-0.3, -0.25) is 9.36 Å². The van der Waals surface area contributed by atoms with Crippen LogP contribution < -0.4 is 10.1 Å². The monoisotopic (exact) mass is 483 g/mol.